The molecule has 0 N–H and O–H groups in total. The van der Waals surface area contributed by atoms with E-state index < -0.39 is 9.76 Å². The highest BCUT2D eigenvalue weighted by Crippen LogP contribution is 2.30. The first-order valence-corrected chi connectivity index (χ1v) is 7.44. The van der Waals surface area contributed by atoms with E-state index in [-0.39, 0.29) is 5.60 Å². The lowest BCUT2D eigenvalue weighted by atomic mass is 9.86. The Kier molecular flexibility index (Phi) is 4.83. The number of benzene rings is 1. The molecule has 0 aliphatic heterocycles. The van der Waals surface area contributed by atoms with Crippen LogP contribution in [0.15, 0.2) is 30.3 Å². The minimum absolute atomic E-state index is 0.109. The molecule has 0 amide bonds. The summed E-state index contributed by atoms with van der Waals surface area (Å²) in [5.41, 5.74) is 1.90. The highest BCUT2D eigenvalue weighted by atomic mass is 35.5. The van der Waals surface area contributed by atoms with E-state index in [0.717, 1.165) is 0 Å². The standard InChI is InChI=1S/C12H19ClOSi/c1-10(11-7-5-4-6-8-11)12(2,3)14-15-9-13/h4-8,10H,9,15H2,1-3H3. The fourth-order valence-electron chi connectivity index (χ4n) is 1.57. The molecule has 1 atom stereocenters. The highest BCUT2D eigenvalue weighted by molar-refractivity contribution is 6.45. The molecule has 1 nitrogen and oxygen atoms in total. The lowest BCUT2D eigenvalue weighted by molar-refractivity contribution is 0.0900. The summed E-state index contributed by atoms with van der Waals surface area (Å²) in [5.74, 6) is 0.398. The lowest BCUT2D eigenvalue weighted by Gasteiger charge is -2.32. The monoisotopic (exact) mass is 242 g/mol. The van der Waals surface area contributed by atoms with E-state index in [1.54, 1.807) is 0 Å². The minimum Gasteiger partial charge on any atom is -0.417 e. The topological polar surface area (TPSA) is 9.23 Å². The Hall–Kier alpha value is -0.313. The molecule has 1 rings (SSSR count). The van der Waals surface area contributed by atoms with Crippen molar-refractivity contribution in [3.63, 3.8) is 0 Å². The fraction of sp³-hybridized carbons (Fsp3) is 0.500. The second-order valence-corrected chi connectivity index (χ2v) is 6.48. The van der Waals surface area contributed by atoms with Gasteiger partial charge in [-0.1, -0.05) is 37.3 Å². The summed E-state index contributed by atoms with van der Waals surface area (Å²) in [6, 6.07) is 10.5. The molecule has 0 aliphatic rings. The van der Waals surface area contributed by atoms with Crippen LogP contribution < -0.4 is 0 Å². The molecule has 3 heteroatoms. The van der Waals surface area contributed by atoms with Gasteiger partial charge in [0, 0.05) is 11.4 Å². The largest absolute Gasteiger partial charge is 0.417 e. The predicted octanol–water partition coefficient (Wildman–Crippen LogP) is 2.87. The van der Waals surface area contributed by atoms with Gasteiger partial charge in [-0.25, -0.2) is 0 Å². The molecule has 0 saturated heterocycles. The molecule has 1 aromatic carbocycles. The van der Waals surface area contributed by atoms with Crippen LogP contribution in [0.4, 0.5) is 0 Å². The van der Waals surface area contributed by atoms with Gasteiger partial charge in [0.1, 0.15) is 0 Å². The van der Waals surface area contributed by atoms with Gasteiger partial charge in [0.05, 0.1) is 5.60 Å². The van der Waals surface area contributed by atoms with Gasteiger partial charge in [-0.2, -0.15) is 0 Å². The van der Waals surface area contributed by atoms with Crippen LogP contribution in [0.3, 0.4) is 0 Å². The van der Waals surface area contributed by atoms with Crippen molar-refractivity contribution in [2.45, 2.75) is 32.3 Å². The number of alkyl halides is 1. The van der Waals surface area contributed by atoms with Gasteiger partial charge in [0.2, 0.25) is 0 Å². The molecular formula is C12H19ClOSi. The summed E-state index contributed by atoms with van der Waals surface area (Å²) in [6.45, 7) is 6.49. The van der Waals surface area contributed by atoms with Crippen LogP contribution in [-0.2, 0) is 4.43 Å². The molecule has 0 spiro atoms. The maximum Gasteiger partial charge on any atom is 0.176 e. The van der Waals surface area contributed by atoms with E-state index >= 15 is 0 Å². The van der Waals surface area contributed by atoms with Crippen molar-refractivity contribution in [3.8, 4) is 0 Å². The first kappa shape index (κ1) is 12.8. The molecule has 0 fully saturated rings. The quantitative estimate of drug-likeness (QED) is 0.570. The molecule has 0 aromatic heterocycles. The Balaban J connectivity index is 2.70. The second-order valence-electron chi connectivity index (χ2n) is 4.27. The molecule has 1 aromatic rings. The Morgan fingerprint density at radius 2 is 1.93 bits per heavy atom. The van der Waals surface area contributed by atoms with Gasteiger partial charge < -0.3 is 4.43 Å². The zero-order valence-corrected chi connectivity index (χ0v) is 11.8. The Bertz CT molecular complexity index is 287. The smallest absolute Gasteiger partial charge is 0.176 e. The minimum atomic E-state index is -0.565. The molecule has 84 valence electrons. The zero-order valence-electron chi connectivity index (χ0n) is 9.66. The Morgan fingerprint density at radius 3 is 2.47 bits per heavy atom. The van der Waals surface area contributed by atoms with Crippen molar-refractivity contribution in [2.24, 2.45) is 0 Å². The number of halogens is 1. The SMILES string of the molecule is CC(c1ccccc1)C(C)(C)O[SiH2]CCl. The maximum absolute atomic E-state index is 5.90. The van der Waals surface area contributed by atoms with Crippen LogP contribution in [-0.4, -0.2) is 20.9 Å². The van der Waals surface area contributed by atoms with E-state index in [2.05, 4.69) is 45.0 Å². The average Bonchev–Trinajstić information content (AvgIpc) is 2.26. The van der Waals surface area contributed by atoms with Crippen molar-refractivity contribution in [2.75, 3.05) is 5.50 Å². The molecular weight excluding hydrogens is 224 g/mol. The summed E-state index contributed by atoms with van der Waals surface area (Å²) in [6.07, 6.45) is 0. The van der Waals surface area contributed by atoms with Gasteiger partial charge in [-0.3, -0.25) is 0 Å². The van der Waals surface area contributed by atoms with E-state index in [9.17, 15) is 0 Å². The van der Waals surface area contributed by atoms with Crippen LogP contribution in [0.1, 0.15) is 32.3 Å². The highest BCUT2D eigenvalue weighted by Gasteiger charge is 2.26. The van der Waals surface area contributed by atoms with E-state index in [1.165, 1.54) is 5.56 Å². The fourth-order valence-corrected chi connectivity index (χ4v) is 2.65. The molecule has 0 heterocycles. The third-order valence-electron chi connectivity index (χ3n) is 2.89. The maximum atomic E-state index is 5.90. The van der Waals surface area contributed by atoms with Gasteiger partial charge >= 0.3 is 0 Å². The summed E-state index contributed by atoms with van der Waals surface area (Å²) < 4.78 is 5.90. The lowest BCUT2D eigenvalue weighted by Crippen LogP contribution is -2.33. The number of hydrogen-bond donors (Lipinski definition) is 0. The van der Waals surface area contributed by atoms with Gasteiger partial charge in [-0.15, -0.1) is 11.6 Å². The molecule has 1 unspecified atom stereocenters. The third-order valence-corrected chi connectivity index (χ3v) is 4.46. The second kappa shape index (κ2) is 5.68. The normalized spacial score (nSPS) is 14.7. The molecule has 15 heavy (non-hydrogen) atoms. The summed E-state index contributed by atoms with van der Waals surface area (Å²) in [5, 5.41) is 0. The molecule has 0 radical (unpaired) electrons. The van der Waals surface area contributed by atoms with Gasteiger partial charge in [0.25, 0.3) is 0 Å². The van der Waals surface area contributed by atoms with Crippen LogP contribution >= 0.6 is 11.6 Å². The van der Waals surface area contributed by atoms with Crippen molar-refractivity contribution < 1.29 is 4.43 Å². The van der Waals surface area contributed by atoms with Crippen LogP contribution in [0.2, 0.25) is 0 Å². The summed E-state index contributed by atoms with van der Waals surface area (Å²) in [7, 11) is -0.565. The van der Waals surface area contributed by atoms with E-state index in [1.807, 2.05) is 6.07 Å². The number of hydrogen-bond acceptors (Lipinski definition) is 1. The molecule has 0 saturated carbocycles. The van der Waals surface area contributed by atoms with Crippen molar-refractivity contribution in [1.82, 2.24) is 0 Å². The van der Waals surface area contributed by atoms with Crippen molar-refractivity contribution in [1.29, 1.82) is 0 Å². The Labute approximate surface area is 99.7 Å². The van der Waals surface area contributed by atoms with Gasteiger partial charge in [-0.05, 0) is 19.4 Å². The number of rotatable bonds is 5. The van der Waals surface area contributed by atoms with E-state index in [4.69, 9.17) is 16.0 Å². The first-order chi connectivity index (χ1) is 7.08. The van der Waals surface area contributed by atoms with Gasteiger partial charge in [0.15, 0.2) is 9.76 Å². The predicted molar refractivity (Wildman–Crippen MR) is 69.3 cm³/mol. The Morgan fingerprint density at radius 1 is 1.33 bits per heavy atom. The average molecular weight is 243 g/mol. The van der Waals surface area contributed by atoms with Crippen molar-refractivity contribution >= 4 is 21.4 Å². The summed E-state index contributed by atoms with van der Waals surface area (Å²) in [4.78, 5) is 0. The van der Waals surface area contributed by atoms with Crippen molar-refractivity contribution in [3.05, 3.63) is 35.9 Å². The molecule has 0 bridgehead atoms. The first-order valence-electron chi connectivity index (χ1n) is 5.33. The third kappa shape index (κ3) is 3.63. The zero-order chi connectivity index (χ0) is 11.3. The summed E-state index contributed by atoms with van der Waals surface area (Å²) >= 11 is 5.70. The van der Waals surface area contributed by atoms with Crippen LogP contribution in [0.5, 0.6) is 0 Å². The van der Waals surface area contributed by atoms with Crippen LogP contribution in [0.25, 0.3) is 0 Å². The van der Waals surface area contributed by atoms with Crippen LogP contribution in [0, 0.1) is 0 Å². The molecule has 0 aliphatic carbocycles. The van der Waals surface area contributed by atoms with E-state index in [0.29, 0.717) is 11.4 Å².